The van der Waals surface area contributed by atoms with Gasteiger partial charge in [-0.25, -0.2) is 4.79 Å². The molecule has 0 aliphatic carbocycles. The summed E-state index contributed by atoms with van der Waals surface area (Å²) in [5, 5.41) is 2.56. The first-order valence-corrected chi connectivity index (χ1v) is 5.79. The van der Waals surface area contributed by atoms with Gasteiger partial charge >= 0.3 is 6.03 Å². The van der Waals surface area contributed by atoms with Gasteiger partial charge in [0, 0.05) is 12.6 Å². The molecule has 2 aliphatic rings. The van der Waals surface area contributed by atoms with E-state index in [-0.39, 0.29) is 12.3 Å². The summed E-state index contributed by atoms with van der Waals surface area (Å²) in [5.74, 6) is 0. The molecule has 0 aromatic rings. The van der Waals surface area contributed by atoms with E-state index in [0.29, 0.717) is 12.8 Å². The lowest BCUT2D eigenvalue weighted by atomic mass is 10.3. The molecule has 1 saturated heterocycles. The Morgan fingerprint density at radius 1 is 1.69 bits per heavy atom. The Morgan fingerprint density at radius 3 is 3.19 bits per heavy atom. The number of ether oxygens (including phenoxy) is 1. The molecule has 0 spiro atoms. The van der Waals surface area contributed by atoms with Crippen LogP contribution in [0.2, 0.25) is 0 Å². The molecule has 8 heteroatoms. The minimum atomic E-state index is -0.602. The van der Waals surface area contributed by atoms with E-state index in [1.54, 1.807) is 12.3 Å². The molecule has 2 rings (SSSR count). The standard InChI is InChI=1S/C8H14N3O4P/c9-5-3-4-11(8(12)10-5)6-1-2-7(14-6)15-16-13/h3-7,13,16H,1-2,9H2,(H,10,12)/t5?,6-,7?/m1/s1. The zero-order valence-electron chi connectivity index (χ0n) is 8.50. The van der Waals surface area contributed by atoms with Gasteiger partial charge in [0.2, 0.25) is 0 Å². The van der Waals surface area contributed by atoms with Crippen LogP contribution in [0.1, 0.15) is 12.8 Å². The van der Waals surface area contributed by atoms with Crippen LogP contribution in [0.25, 0.3) is 0 Å². The average Bonchev–Trinajstić information content (AvgIpc) is 2.67. The van der Waals surface area contributed by atoms with Crippen LogP contribution in [0.5, 0.6) is 0 Å². The first-order valence-electron chi connectivity index (χ1n) is 4.93. The predicted octanol–water partition coefficient (Wildman–Crippen LogP) is -0.210. The fourth-order valence-corrected chi connectivity index (χ4v) is 1.98. The molecule has 1 fully saturated rings. The van der Waals surface area contributed by atoms with Crippen LogP contribution in [0.3, 0.4) is 0 Å². The van der Waals surface area contributed by atoms with Crippen molar-refractivity contribution in [3.63, 3.8) is 0 Å². The smallest absolute Gasteiger partial charge is 0.325 e. The molecule has 3 unspecified atom stereocenters. The number of urea groups is 1. The highest BCUT2D eigenvalue weighted by molar-refractivity contribution is 7.24. The van der Waals surface area contributed by atoms with E-state index in [9.17, 15) is 4.79 Å². The van der Waals surface area contributed by atoms with Crippen LogP contribution in [0, 0.1) is 0 Å². The second-order valence-electron chi connectivity index (χ2n) is 3.53. The summed E-state index contributed by atoms with van der Waals surface area (Å²) in [6, 6.07) is -0.285. The van der Waals surface area contributed by atoms with Gasteiger partial charge in [-0.15, -0.1) is 0 Å². The Kier molecular flexibility index (Phi) is 3.73. The molecule has 4 N–H and O–H groups in total. The molecule has 90 valence electrons. The molecular formula is C8H14N3O4P. The third-order valence-electron chi connectivity index (χ3n) is 2.43. The summed E-state index contributed by atoms with van der Waals surface area (Å²) >= 11 is 0. The van der Waals surface area contributed by atoms with Crippen LogP contribution in [-0.4, -0.2) is 34.5 Å². The van der Waals surface area contributed by atoms with Gasteiger partial charge in [0.05, 0.1) is 6.17 Å². The molecule has 0 bridgehead atoms. The highest BCUT2D eigenvalue weighted by Gasteiger charge is 2.33. The van der Waals surface area contributed by atoms with Gasteiger partial charge in [-0.3, -0.25) is 4.90 Å². The number of hydrogen-bond donors (Lipinski definition) is 3. The maximum atomic E-state index is 11.6. The van der Waals surface area contributed by atoms with Gasteiger partial charge in [0.1, 0.15) is 6.23 Å². The predicted molar refractivity (Wildman–Crippen MR) is 57.0 cm³/mol. The zero-order valence-corrected chi connectivity index (χ0v) is 9.50. The Labute approximate surface area is 94.5 Å². The van der Waals surface area contributed by atoms with Crippen molar-refractivity contribution in [1.82, 2.24) is 10.2 Å². The van der Waals surface area contributed by atoms with Crippen molar-refractivity contribution in [3.8, 4) is 0 Å². The highest BCUT2D eigenvalue weighted by atomic mass is 31.1. The number of hydrogen-bond acceptors (Lipinski definition) is 5. The van der Waals surface area contributed by atoms with Gasteiger partial charge in [-0.05, 0) is 12.5 Å². The van der Waals surface area contributed by atoms with E-state index in [1.165, 1.54) is 4.90 Å². The summed E-state index contributed by atoms with van der Waals surface area (Å²) in [6.45, 7) is 0. The SMILES string of the molecule is NC1C=CN([C@H]2CCC(OPO)O2)C(=O)N1. The number of nitrogens with zero attached hydrogens (tertiary/aromatic N) is 1. The van der Waals surface area contributed by atoms with Gasteiger partial charge in [-0.1, -0.05) is 0 Å². The average molecular weight is 247 g/mol. The first-order chi connectivity index (χ1) is 7.70. The fraction of sp³-hybridized carbons (Fsp3) is 0.625. The van der Waals surface area contributed by atoms with E-state index in [0.717, 1.165) is 0 Å². The largest absolute Gasteiger partial charge is 0.352 e. The minimum Gasteiger partial charge on any atom is -0.352 e. The Morgan fingerprint density at radius 2 is 2.50 bits per heavy atom. The zero-order chi connectivity index (χ0) is 11.5. The van der Waals surface area contributed by atoms with E-state index < -0.39 is 21.5 Å². The number of carbonyl (C=O) groups excluding carboxylic acids is 1. The molecule has 7 nitrogen and oxygen atoms in total. The van der Waals surface area contributed by atoms with Gasteiger partial charge in [-0.2, -0.15) is 0 Å². The Hall–Kier alpha value is -0.720. The molecular weight excluding hydrogens is 233 g/mol. The lowest BCUT2D eigenvalue weighted by molar-refractivity contribution is -0.100. The molecule has 4 atom stereocenters. The summed E-state index contributed by atoms with van der Waals surface area (Å²) in [6.07, 6.45) is 3.36. The molecule has 0 saturated carbocycles. The van der Waals surface area contributed by atoms with Crippen molar-refractivity contribution in [2.45, 2.75) is 31.5 Å². The van der Waals surface area contributed by atoms with E-state index in [2.05, 4.69) is 5.32 Å². The van der Waals surface area contributed by atoms with Crippen LogP contribution in [-0.2, 0) is 9.26 Å². The van der Waals surface area contributed by atoms with Crippen LogP contribution in [0.4, 0.5) is 4.79 Å². The summed E-state index contributed by atoms with van der Waals surface area (Å²) in [5.41, 5.74) is 5.52. The van der Waals surface area contributed by atoms with Crippen molar-refractivity contribution < 1.29 is 18.9 Å². The van der Waals surface area contributed by atoms with Gasteiger partial charge < -0.3 is 25.2 Å². The summed E-state index contributed by atoms with van der Waals surface area (Å²) in [7, 11) is -0.602. The number of amides is 2. The number of nitrogens with one attached hydrogen (secondary N) is 1. The maximum absolute atomic E-state index is 11.6. The van der Waals surface area contributed by atoms with Crippen molar-refractivity contribution in [2.75, 3.05) is 0 Å². The first kappa shape index (κ1) is 11.8. The third-order valence-corrected chi connectivity index (χ3v) is 2.80. The molecule has 0 radical (unpaired) electrons. The monoisotopic (exact) mass is 247 g/mol. The maximum Gasteiger partial charge on any atom is 0.325 e. The molecule has 2 heterocycles. The second-order valence-corrected chi connectivity index (χ2v) is 3.95. The molecule has 16 heavy (non-hydrogen) atoms. The minimum absolute atomic E-state index is 0.285. The van der Waals surface area contributed by atoms with E-state index in [4.69, 9.17) is 19.9 Å². The third kappa shape index (κ3) is 2.50. The Bertz CT molecular complexity index is 301. The van der Waals surface area contributed by atoms with Crippen LogP contribution in [0.15, 0.2) is 12.3 Å². The van der Waals surface area contributed by atoms with E-state index in [1.807, 2.05) is 0 Å². The topological polar surface area (TPSA) is 97.1 Å². The van der Waals surface area contributed by atoms with Crippen LogP contribution >= 0.6 is 9.03 Å². The Balaban J connectivity index is 1.94. The van der Waals surface area contributed by atoms with Gasteiger partial charge in [0.25, 0.3) is 0 Å². The van der Waals surface area contributed by atoms with Gasteiger partial charge in [0.15, 0.2) is 15.3 Å². The summed E-state index contributed by atoms with van der Waals surface area (Å²) < 4.78 is 10.4. The number of rotatable bonds is 3. The number of carbonyl (C=O) groups is 1. The fourth-order valence-electron chi connectivity index (χ4n) is 1.69. The quantitative estimate of drug-likeness (QED) is 0.599. The van der Waals surface area contributed by atoms with Crippen molar-refractivity contribution in [3.05, 3.63) is 12.3 Å². The van der Waals surface area contributed by atoms with Crippen molar-refractivity contribution in [2.24, 2.45) is 5.73 Å². The van der Waals surface area contributed by atoms with E-state index >= 15 is 0 Å². The van der Waals surface area contributed by atoms with Crippen LogP contribution < -0.4 is 11.1 Å². The van der Waals surface area contributed by atoms with Crippen molar-refractivity contribution >= 4 is 15.1 Å². The lowest BCUT2D eigenvalue weighted by Crippen LogP contribution is -2.52. The summed E-state index contributed by atoms with van der Waals surface area (Å²) in [4.78, 5) is 21.6. The molecule has 0 aromatic heterocycles. The normalized spacial score (nSPS) is 35.0. The molecule has 0 aromatic carbocycles. The number of nitrogens with two attached hydrogens (primary N) is 1. The lowest BCUT2D eigenvalue weighted by Gasteiger charge is -2.29. The second kappa shape index (κ2) is 5.07. The molecule has 2 aliphatic heterocycles. The van der Waals surface area contributed by atoms with Crippen molar-refractivity contribution in [1.29, 1.82) is 0 Å². The molecule has 2 amide bonds. The highest BCUT2D eigenvalue weighted by Crippen LogP contribution is 2.27.